The van der Waals surface area contributed by atoms with E-state index in [2.05, 4.69) is 19.2 Å². The zero-order chi connectivity index (χ0) is 30.2. The first kappa shape index (κ1) is 40.4. The highest BCUT2D eigenvalue weighted by molar-refractivity contribution is 5.76. The number of aliphatic hydroxyl groups is 3. The zero-order valence-electron chi connectivity index (χ0n) is 27.7. The van der Waals surface area contributed by atoms with E-state index in [4.69, 9.17) is 0 Å². The lowest BCUT2D eigenvalue weighted by Gasteiger charge is -2.23. The molecule has 0 radical (unpaired) electrons. The van der Waals surface area contributed by atoms with Gasteiger partial charge in [-0.3, -0.25) is 4.79 Å². The molecule has 0 fully saturated rings. The Morgan fingerprint density at radius 1 is 0.512 bits per heavy atom. The fraction of sp³-hybridized carbons (Fsp3) is 0.972. The molecule has 0 heterocycles. The smallest absolute Gasteiger partial charge is 0.222 e. The molecule has 1 amide bonds. The van der Waals surface area contributed by atoms with Crippen LogP contribution in [-0.2, 0) is 4.79 Å². The van der Waals surface area contributed by atoms with Crippen molar-refractivity contribution in [3.8, 4) is 0 Å². The summed E-state index contributed by atoms with van der Waals surface area (Å²) in [5.74, 6) is -0.283. The van der Waals surface area contributed by atoms with Crippen LogP contribution in [0.25, 0.3) is 0 Å². The van der Waals surface area contributed by atoms with Crippen molar-refractivity contribution in [2.75, 3.05) is 6.61 Å². The van der Waals surface area contributed by atoms with Crippen molar-refractivity contribution in [2.45, 2.75) is 218 Å². The highest BCUT2D eigenvalue weighted by atomic mass is 16.3. The van der Waals surface area contributed by atoms with Crippen molar-refractivity contribution < 1.29 is 20.1 Å². The third-order valence-electron chi connectivity index (χ3n) is 8.67. The standard InChI is InChI=1S/C36H73NO4/c1-3-5-7-9-11-13-14-15-16-17-18-19-20-22-24-26-28-30-35(40)34(32-38)37-36(41)31-33(39)29-27-25-23-21-12-10-8-6-4-2/h33-35,38-40H,3-32H2,1-2H3,(H,37,41). The average Bonchev–Trinajstić information content (AvgIpc) is 2.96. The Bertz CT molecular complexity index is 530. The van der Waals surface area contributed by atoms with Crippen LogP contribution in [0.1, 0.15) is 200 Å². The van der Waals surface area contributed by atoms with Crippen LogP contribution in [0.15, 0.2) is 0 Å². The van der Waals surface area contributed by atoms with E-state index in [1.807, 2.05) is 0 Å². The summed E-state index contributed by atoms with van der Waals surface area (Å²) in [6.45, 7) is 4.24. The topological polar surface area (TPSA) is 89.8 Å². The third-order valence-corrected chi connectivity index (χ3v) is 8.67. The zero-order valence-corrected chi connectivity index (χ0v) is 27.7. The van der Waals surface area contributed by atoms with Crippen LogP contribution < -0.4 is 5.32 Å². The van der Waals surface area contributed by atoms with Gasteiger partial charge < -0.3 is 20.6 Å². The van der Waals surface area contributed by atoms with Gasteiger partial charge in [-0.05, 0) is 12.8 Å². The molecule has 0 bridgehead atoms. The van der Waals surface area contributed by atoms with E-state index < -0.39 is 18.2 Å². The van der Waals surface area contributed by atoms with Crippen molar-refractivity contribution in [3.63, 3.8) is 0 Å². The monoisotopic (exact) mass is 584 g/mol. The summed E-state index contributed by atoms with van der Waals surface area (Å²) in [5.41, 5.74) is 0. The van der Waals surface area contributed by atoms with Crippen molar-refractivity contribution in [2.24, 2.45) is 0 Å². The van der Waals surface area contributed by atoms with Crippen LogP contribution in [0, 0.1) is 0 Å². The Morgan fingerprint density at radius 3 is 1.17 bits per heavy atom. The molecule has 0 aliphatic heterocycles. The van der Waals surface area contributed by atoms with E-state index in [9.17, 15) is 20.1 Å². The number of hydrogen-bond donors (Lipinski definition) is 4. The van der Waals surface area contributed by atoms with E-state index in [1.54, 1.807) is 0 Å². The van der Waals surface area contributed by atoms with Crippen LogP contribution in [0.2, 0.25) is 0 Å². The molecule has 3 unspecified atom stereocenters. The molecular weight excluding hydrogens is 510 g/mol. The van der Waals surface area contributed by atoms with E-state index in [-0.39, 0.29) is 18.9 Å². The largest absolute Gasteiger partial charge is 0.394 e. The van der Waals surface area contributed by atoms with E-state index >= 15 is 0 Å². The molecule has 0 aliphatic rings. The number of carbonyl (C=O) groups is 1. The maximum absolute atomic E-state index is 12.3. The van der Waals surface area contributed by atoms with Gasteiger partial charge in [0.15, 0.2) is 0 Å². The van der Waals surface area contributed by atoms with Crippen molar-refractivity contribution in [1.82, 2.24) is 5.32 Å². The second-order valence-electron chi connectivity index (χ2n) is 12.8. The Kier molecular flexibility index (Phi) is 31.8. The fourth-order valence-electron chi connectivity index (χ4n) is 5.82. The number of carbonyl (C=O) groups excluding carboxylic acids is 1. The van der Waals surface area contributed by atoms with Gasteiger partial charge in [-0.1, -0.05) is 181 Å². The van der Waals surface area contributed by atoms with E-state index in [0.717, 1.165) is 25.7 Å². The molecule has 0 rings (SSSR count). The molecule has 0 saturated heterocycles. The van der Waals surface area contributed by atoms with Gasteiger partial charge in [-0.15, -0.1) is 0 Å². The van der Waals surface area contributed by atoms with Crippen molar-refractivity contribution in [1.29, 1.82) is 0 Å². The first-order valence-electron chi connectivity index (χ1n) is 18.3. The van der Waals surface area contributed by atoms with Crippen LogP contribution in [-0.4, -0.2) is 46.1 Å². The number of unbranched alkanes of at least 4 members (excludes halogenated alkanes) is 24. The summed E-state index contributed by atoms with van der Waals surface area (Å²) < 4.78 is 0. The number of hydrogen-bond acceptors (Lipinski definition) is 4. The first-order valence-corrected chi connectivity index (χ1v) is 18.3. The van der Waals surface area contributed by atoms with Gasteiger partial charge in [0.2, 0.25) is 5.91 Å². The minimum atomic E-state index is -0.741. The highest BCUT2D eigenvalue weighted by Crippen LogP contribution is 2.16. The van der Waals surface area contributed by atoms with Gasteiger partial charge in [0, 0.05) is 0 Å². The summed E-state index contributed by atoms with van der Waals surface area (Å²) in [4.78, 5) is 12.3. The Hall–Kier alpha value is -0.650. The lowest BCUT2D eigenvalue weighted by molar-refractivity contribution is -0.125. The van der Waals surface area contributed by atoms with Crippen molar-refractivity contribution >= 4 is 5.91 Å². The molecule has 0 aromatic carbocycles. The van der Waals surface area contributed by atoms with Crippen molar-refractivity contribution in [3.05, 3.63) is 0 Å². The molecule has 0 aromatic heterocycles. The lowest BCUT2D eigenvalue weighted by Crippen LogP contribution is -2.46. The van der Waals surface area contributed by atoms with Crippen LogP contribution in [0.5, 0.6) is 0 Å². The molecular formula is C36H73NO4. The lowest BCUT2D eigenvalue weighted by atomic mass is 10.0. The minimum Gasteiger partial charge on any atom is -0.394 e. The van der Waals surface area contributed by atoms with Crippen LogP contribution in [0.3, 0.4) is 0 Å². The van der Waals surface area contributed by atoms with Gasteiger partial charge in [-0.25, -0.2) is 0 Å². The molecule has 0 aromatic rings. The summed E-state index contributed by atoms with van der Waals surface area (Å²) in [7, 11) is 0. The molecule has 4 N–H and O–H groups in total. The minimum absolute atomic E-state index is 0.0410. The second kappa shape index (κ2) is 32.3. The number of amides is 1. The predicted octanol–water partition coefficient (Wildman–Crippen LogP) is 9.54. The summed E-state index contributed by atoms with van der Waals surface area (Å²) >= 11 is 0. The predicted molar refractivity (Wildman–Crippen MR) is 176 cm³/mol. The number of aliphatic hydroxyl groups excluding tert-OH is 3. The molecule has 0 saturated carbocycles. The Balaban J connectivity index is 3.62. The third kappa shape index (κ3) is 29.2. The second-order valence-corrected chi connectivity index (χ2v) is 12.8. The summed E-state index contributed by atoms with van der Waals surface area (Å²) in [5, 5.41) is 33.1. The molecule has 5 heteroatoms. The normalized spacial score (nSPS) is 13.8. The Labute approximate surface area is 256 Å². The molecule has 41 heavy (non-hydrogen) atoms. The van der Waals surface area contributed by atoms with Gasteiger partial charge in [0.05, 0.1) is 31.3 Å². The molecule has 3 atom stereocenters. The molecule has 0 spiro atoms. The van der Waals surface area contributed by atoms with Gasteiger partial charge in [0.1, 0.15) is 0 Å². The maximum Gasteiger partial charge on any atom is 0.222 e. The fourth-order valence-corrected chi connectivity index (χ4v) is 5.82. The molecule has 5 nitrogen and oxygen atoms in total. The maximum atomic E-state index is 12.3. The summed E-state index contributed by atoms with van der Waals surface area (Å²) in [6.07, 6.45) is 33.4. The van der Waals surface area contributed by atoms with E-state index in [1.165, 1.54) is 141 Å². The molecule has 0 aliphatic carbocycles. The van der Waals surface area contributed by atoms with E-state index in [0.29, 0.717) is 12.8 Å². The Morgan fingerprint density at radius 2 is 0.829 bits per heavy atom. The quantitative estimate of drug-likeness (QED) is 0.0579. The van der Waals surface area contributed by atoms with Gasteiger partial charge in [0.25, 0.3) is 0 Å². The SMILES string of the molecule is CCCCCCCCCCCCCCCCCCCC(O)C(CO)NC(=O)CC(O)CCCCCCCCCCC. The van der Waals surface area contributed by atoms with Gasteiger partial charge in [-0.2, -0.15) is 0 Å². The summed E-state index contributed by atoms with van der Waals surface area (Å²) in [6, 6.07) is -0.650. The van der Waals surface area contributed by atoms with Crippen LogP contribution >= 0.6 is 0 Å². The average molecular weight is 584 g/mol. The van der Waals surface area contributed by atoms with Crippen LogP contribution in [0.4, 0.5) is 0 Å². The number of nitrogens with one attached hydrogen (secondary N) is 1. The van der Waals surface area contributed by atoms with Gasteiger partial charge >= 0.3 is 0 Å². The molecule has 246 valence electrons. The first-order chi connectivity index (χ1) is 20.0. The number of rotatable bonds is 33. The highest BCUT2D eigenvalue weighted by Gasteiger charge is 2.21.